The number of tetrazole rings is 1. The molecule has 8 nitrogen and oxygen atoms in total. The van der Waals surface area contributed by atoms with Gasteiger partial charge in [0.15, 0.2) is 6.04 Å². The van der Waals surface area contributed by atoms with E-state index in [0.29, 0.717) is 12.2 Å². The number of imide groups is 1. The zero-order chi connectivity index (χ0) is 13.4. The van der Waals surface area contributed by atoms with Crippen molar-refractivity contribution in [2.75, 3.05) is 6.54 Å². The number of amides is 2. The number of rotatable bonds is 2. The van der Waals surface area contributed by atoms with E-state index in [1.165, 1.54) is 16.1 Å². The van der Waals surface area contributed by atoms with E-state index in [1.54, 1.807) is 0 Å². The van der Waals surface area contributed by atoms with E-state index in [4.69, 9.17) is 5.11 Å². The molecule has 0 spiro atoms. The van der Waals surface area contributed by atoms with Crippen LogP contribution < -0.4 is 0 Å². The van der Waals surface area contributed by atoms with Crippen LogP contribution in [0.2, 0.25) is 0 Å². The van der Waals surface area contributed by atoms with Gasteiger partial charge in [-0.2, -0.15) is 4.80 Å². The summed E-state index contributed by atoms with van der Waals surface area (Å²) in [6.45, 7) is 0.161. The molecule has 3 heterocycles. The zero-order valence-electron chi connectivity index (χ0n) is 9.63. The van der Waals surface area contributed by atoms with Gasteiger partial charge in [0.05, 0.1) is 4.88 Å². The first-order valence-corrected chi connectivity index (χ1v) is 6.42. The number of thiophene rings is 1. The first kappa shape index (κ1) is 11.8. The Balaban J connectivity index is 1.84. The Morgan fingerprint density at radius 2 is 2.37 bits per heavy atom. The molecular weight excluding hydrogens is 270 g/mol. The molecule has 1 atom stereocenters. The van der Waals surface area contributed by atoms with Crippen LogP contribution in [-0.2, 0) is 4.79 Å². The summed E-state index contributed by atoms with van der Waals surface area (Å²) in [5, 5.41) is 22.6. The summed E-state index contributed by atoms with van der Waals surface area (Å²) in [6, 6.07) is 3.04. The summed E-state index contributed by atoms with van der Waals surface area (Å²) < 4.78 is 0. The van der Waals surface area contributed by atoms with Crippen LogP contribution in [0.4, 0.5) is 4.79 Å². The molecule has 2 aromatic rings. The Bertz CT molecular complexity index is 623. The maximum absolute atomic E-state index is 11.9. The number of nitrogens with zero attached hydrogens (tertiary/aromatic N) is 5. The number of carboxylic acid groups (broad SMARTS) is 1. The van der Waals surface area contributed by atoms with Gasteiger partial charge in [-0.3, -0.25) is 4.79 Å². The summed E-state index contributed by atoms with van der Waals surface area (Å²) in [7, 11) is 0. The minimum Gasteiger partial charge on any atom is -0.465 e. The maximum Gasteiger partial charge on any atom is 0.414 e. The van der Waals surface area contributed by atoms with Crippen LogP contribution in [0.1, 0.15) is 12.5 Å². The Morgan fingerprint density at radius 3 is 3.00 bits per heavy atom. The number of hydrogen-bond donors (Lipinski definition) is 1. The highest BCUT2D eigenvalue weighted by molar-refractivity contribution is 7.13. The predicted molar refractivity (Wildman–Crippen MR) is 64.5 cm³/mol. The Labute approximate surface area is 111 Å². The lowest BCUT2D eigenvalue weighted by Gasteiger charge is -2.09. The van der Waals surface area contributed by atoms with Crippen LogP contribution >= 0.6 is 11.3 Å². The molecule has 0 bridgehead atoms. The molecule has 1 unspecified atom stereocenters. The molecule has 9 heteroatoms. The van der Waals surface area contributed by atoms with Crippen molar-refractivity contribution >= 4 is 23.3 Å². The van der Waals surface area contributed by atoms with Crippen LogP contribution in [-0.4, -0.2) is 48.8 Å². The fourth-order valence-electron chi connectivity index (χ4n) is 1.93. The van der Waals surface area contributed by atoms with E-state index in [9.17, 15) is 9.59 Å². The second-order valence-electron chi connectivity index (χ2n) is 3.99. The third-order valence-electron chi connectivity index (χ3n) is 2.86. The van der Waals surface area contributed by atoms with Gasteiger partial charge in [-0.05, 0) is 23.1 Å². The van der Waals surface area contributed by atoms with E-state index >= 15 is 0 Å². The Morgan fingerprint density at radius 1 is 1.53 bits per heavy atom. The number of hydrogen-bond acceptors (Lipinski definition) is 6. The van der Waals surface area contributed by atoms with Gasteiger partial charge >= 0.3 is 6.09 Å². The highest BCUT2D eigenvalue weighted by Gasteiger charge is 2.38. The standard InChI is InChI=1S/C10H9N5O3S/c16-9-6(3-4-14(9)10(17)18)15-12-8(11-13-15)7-2-1-5-19-7/h1-2,5-6H,3-4H2,(H,17,18). The van der Waals surface area contributed by atoms with Gasteiger partial charge in [-0.15, -0.1) is 21.5 Å². The summed E-state index contributed by atoms with van der Waals surface area (Å²) in [5.74, 6) is -0.0702. The van der Waals surface area contributed by atoms with Crippen LogP contribution in [0.25, 0.3) is 10.7 Å². The number of likely N-dealkylation sites (tertiary alicyclic amines) is 1. The second kappa shape index (κ2) is 4.43. The molecule has 1 fully saturated rings. The van der Waals surface area contributed by atoms with Crippen molar-refractivity contribution in [2.24, 2.45) is 0 Å². The molecular formula is C10H9N5O3S. The average Bonchev–Trinajstić information content (AvgIpc) is 3.07. The second-order valence-corrected chi connectivity index (χ2v) is 4.94. The highest BCUT2D eigenvalue weighted by atomic mass is 32.1. The lowest BCUT2D eigenvalue weighted by Crippen LogP contribution is -2.33. The van der Waals surface area contributed by atoms with Crippen molar-refractivity contribution in [2.45, 2.75) is 12.5 Å². The fourth-order valence-corrected chi connectivity index (χ4v) is 2.58. The minimum absolute atomic E-state index is 0.161. The minimum atomic E-state index is -1.24. The quantitative estimate of drug-likeness (QED) is 0.874. The summed E-state index contributed by atoms with van der Waals surface area (Å²) >= 11 is 1.47. The lowest BCUT2D eigenvalue weighted by molar-refractivity contribution is -0.129. The Hall–Kier alpha value is -2.29. The lowest BCUT2D eigenvalue weighted by atomic mass is 10.3. The van der Waals surface area contributed by atoms with Gasteiger partial charge in [-0.1, -0.05) is 6.07 Å². The van der Waals surface area contributed by atoms with Gasteiger partial charge in [0.2, 0.25) is 5.82 Å². The zero-order valence-corrected chi connectivity index (χ0v) is 10.4. The van der Waals surface area contributed by atoms with E-state index in [0.717, 1.165) is 9.78 Å². The van der Waals surface area contributed by atoms with Crippen molar-refractivity contribution in [1.82, 2.24) is 25.1 Å². The van der Waals surface area contributed by atoms with Gasteiger partial charge in [-0.25, -0.2) is 9.69 Å². The first-order valence-electron chi connectivity index (χ1n) is 5.54. The third kappa shape index (κ3) is 1.97. The largest absolute Gasteiger partial charge is 0.465 e. The predicted octanol–water partition coefficient (Wildman–Crippen LogP) is 0.853. The van der Waals surface area contributed by atoms with Gasteiger partial charge in [0.25, 0.3) is 5.91 Å². The molecule has 1 aliphatic rings. The van der Waals surface area contributed by atoms with Crippen LogP contribution in [0.5, 0.6) is 0 Å². The monoisotopic (exact) mass is 279 g/mol. The molecule has 1 N–H and O–H groups in total. The Kier molecular flexibility index (Phi) is 2.75. The van der Waals surface area contributed by atoms with Crippen molar-refractivity contribution in [1.29, 1.82) is 0 Å². The summed E-state index contributed by atoms with van der Waals surface area (Å²) in [4.78, 5) is 25.5. The molecule has 0 aliphatic carbocycles. The van der Waals surface area contributed by atoms with Crippen molar-refractivity contribution in [3.63, 3.8) is 0 Å². The van der Waals surface area contributed by atoms with Crippen LogP contribution in [0, 0.1) is 0 Å². The molecule has 98 valence electrons. The van der Waals surface area contributed by atoms with Crippen LogP contribution in [0.3, 0.4) is 0 Å². The van der Waals surface area contributed by atoms with Crippen molar-refractivity contribution in [3.8, 4) is 10.7 Å². The van der Waals surface area contributed by atoms with Gasteiger partial charge in [0, 0.05) is 6.54 Å². The van der Waals surface area contributed by atoms with Crippen LogP contribution in [0.15, 0.2) is 17.5 Å². The summed E-state index contributed by atoms with van der Waals surface area (Å²) in [6.07, 6.45) is -0.878. The van der Waals surface area contributed by atoms with E-state index in [-0.39, 0.29) is 6.54 Å². The fraction of sp³-hybridized carbons (Fsp3) is 0.300. The molecule has 2 aromatic heterocycles. The normalized spacial score (nSPS) is 19.1. The summed E-state index contributed by atoms with van der Waals surface area (Å²) in [5.41, 5.74) is 0. The SMILES string of the molecule is O=C(O)N1CCC(n2nnc(-c3cccs3)n2)C1=O. The molecule has 0 radical (unpaired) electrons. The van der Waals surface area contributed by atoms with Gasteiger partial charge in [0.1, 0.15) is 0 Å². The molecule has 3 rings (SSSR count). The number of aromatic nitrogens is 4. The van der Waals surface area contributed by atoms with Gasteiger partial charge < -0.3 is 5.11 Å². The maximum atomic E-state index is 11.9. The number of carbonyl (C=O) groups excluding carboxylic acids is 1. The molecule has 0 saturated carbocycles. The molecule has 2 amide bonds. The van der Waals surface area contributed by atoms with E-state index in [1.807, 2.05) is 17.5 Å². The number of carbonyl (C=O) groups is 2. The molecule has 19 heavy (non-hydrogen) atoms. The molecule has 1 saturated heterocycles. The van der Waals surface area contributed by atoms with E-state index in [2.05, 4.69) is 15.4 Å². The smallest absolute Gasteiger partial charge is 0.414 e. The van der Waals surface area contributed by atoms with E-state index < -0.39 is 18.0 Å². The topological polar surface area (TPSA) is 101 Å². The highest BCUT2D eigenvalue weighted by Crippen LogP contribution is 2.24. The molecule has 0 aromatic carbocycles. The third-order valence-corrected chi connectivity index (χ3v) is 3.72. The van der Waals surface area contributed by atoms with Crippen molar-refractivity contribution in [3.05, 3.63) is 17.5 Å². The first-order chi connectivity index (χ1) is 9.16. The van der Waals surface area contributed by atoms with Crippen molar-refractivity contribution < 1.29 is 14.7 Å². The average molecular weight is 279 g/mol. The molecule has 1 aliphatic heterocycles.